The number of aliphatic hydroxyl groups excluding tert-OH is 1. The van der Waals surface area contributed by atoms with E-state index in [1.165, 1.54) is 64.2 Å². The van der Waals surface area contributed by atoms with Crippen LogP contribution in [0.2, 0.25) is 0 Å². The van der Waals surface area contributed by atoms with Crippen molar-refractivity contribution in [3.05, 3.63) is 23.5 Å². The second-order valence-electron chi connectivity index (χ2n) is 6.06. The monoisotopic (exact) mass is 310 g/mol. The molecule has 22 heavy (non-hydrogen) atoms. The SMILES string of the molecule is CCCCCCCCCCCCCC=CC(C)=C(O)C(=O)O. The van der Waals surface area contributed by atoms with Crippen molar-refractivity contribution in [1.82, 2.24) is 0 Å². The zero-order chi connectivity index (χ0) is 16.6. The quantitative estimate of drug-likeness (QED) is 0.175. The van der Waals surface area contributed by atoms with Crippen molar-refractivity contribution in [2.75, 3.05) is 0 Å². The fourth-order valence-electron chi connectivity index (χ4n) is 2.43. The van der Waals surface area contributed by atoms with E-state index in [9.17, 15) is 9.90 Å². The summed E-state index contributed by atoms with van der Waals surface area (Å²) in [5.74, 6) is -1.83. The van der Waals surface area contributed by atoms with Crippen molar-refractivity contribution >= 4 is 5.97 Å². The van der Waals surface area contributed by atoms with E-state index in [0.717, 1.165) is 12.8 Å². The Bertz CT molecular complexity index is 343. The molecule has 0 bridgehead atoms. The Labute approximate surface area is 136 Å². The average molecular weight is 310 g/mol. The third-order valence-corrected chi connectivity index (χ3v) is 3.92. The first kappa shape index (κ1) is 20.8. The zero-order valence-electron chi connectivity index (χ0n) is 14.4. The molecule has 0 heterocycles. The fraction of sp³-hybridized carbons (Fsp3) is 0.737. The summed E-state index contributed by atoms with van der Waals surface area (Å²) in [5.41, 5.74) is 0.413. The molecular formula is C19H34O3. The van der Waals surface area contributed by atoms with Crippen molar-refractivity contribution in [2.45, 2.75) is 90.9 Å². The van der Waals surface area contributed by atoms with Crippen LogP contribution in [0.3, 0.4) is 0 Å². The van der Waals surface area contributed by atoms with E-state index in [2.05, 4.69) is 6.92 Å². The molecule has 0 rings (SSSR count). The van der Waals surface area contributed by atoms with Gasteiger partial charge in [-0.3, -0.25) is 0 Å². The van der Waals surface area contributed by atoms with Gasteiger partial charge in [0.15, 0.2) is 0 Å². The van der Waals surface area contributed by atoms with Gasteiger partial charge in [0, 0.05) is 0 Å². The smallest absolute Gasteiger partial charge is 0.371 e. The highest BCUT2D eigenvalue weighted by molar-refractivity contribution is 5.85. The van der Waals surface area contributed by atoms with Gasteiger partial charge in [0.2, 0.25) is 5.76 Å². The predicted molar refractivity (Wildman–Crippen MR) is 93.2 cm³/mol. The van der Waals surface area contributed by atoms with Gasteiger partial charge in [-0.2, -0.15) is 0 Å². The predicted octanol–water partition coefficient (Wildman–Crippen LogP) is 6.16. The minimum absolute atomic E-state index is 0.413. The molecule has 2 N–H and O–H groups in total. The van der Waals surface area contributed by atoms with Crippen molar-refractivity contribution < 1.29 is 15.0 Å². The zero-order valence-corrected chi connectivity index (χ0v) is 14.4. The molecule has 0 aromatic heterocycles. The first-order valence-electron chi connectivity index (χ1n) is 8.89. The maximum Gasteiger partial charge on any atom is 0.371 e. The van der Waals surface area contributed by atoms with Gasteiger partial charge in [0.1, 0.15) is 0 Å². The van der Waals surface area contributed by atoms with Gasteiger partial charge >= 0.3 is 5.97 Å². The molecule has 0 radical (unpaired) electrons. The number of allylic oxidation sites excluding steroid dienone is 3. The van der Waals surface area contributed by atoms with E-state index < -0.39 is 11.7 Å². The van der Waals surface area contributed by atoms with Crippen LogP contribution in [-0.2, 0) is 4.79 Å². The number of aliphatic carboxylic acids is 1. The van der Waals surface area contributed by atoms with Crippen molar-refractivity contribution in [1.29, 1.82) is 0 Å². The van der Waals surface area contributed by atoms with Crippen LogP contribution in [0.25, 0.3) is 0 Å². The van der Waals surface area contributed by atoms with E-state index in [1.54, 1.807) is 13.0 Å². The summed E-state index contributed by atoms with van der Waals surface area (Å²) in [6.07, 6.45) is 19.2. The lowest BCUT2D eigenvalue weighted by Gasteiger charge is -2.01. The van der Waals surface area contributed by atoms with Crippen LogP contribution in [0.4, 0.5) is 0 Å². The van der Waals surface area contributed by atoms with Crippen LogP contribution in [-0.4, -0.2) is 16.2 Å². The maximum absolute atomic E-state index is 10.5. The number of aliphatic hydroxyl groups is 1. The highest BCUT2D eigenvalue weighted by Crippen LogP contribution is 2.12. The standard InChI is InChI=1S/C19H34O3/c1-3-4-5-6-7-8-9-10-11-12-13-14-15-16-17(2)18(20)19(21)22/h15-16,20H,3-14H2,1-2H3,(H,21,22). The summed E-state index contributed by atoms with van der Waals surface area (Å²) in [4.78, 5) is 10.5. The first-order valence-corrected chi connectivity index (χ1v) is 8.89. The van der Waals surface area contributed by atoms with Gasteiger partial charge in [-0.25, -0.2) is 4.79 Å². The molecule has 0 saturated heterocycles. The molecule has 0 fully saturated rings. The number of hydrogen-bond acceptors (Lipinski definition) is 2. The Balaban J connectivity index is 3.40. The van der Waals surface area contributed by atoms with Gasteiger partial charge in [-0.1, -0.05) is 83.3 Å². The largest absolute Gasteiger partial charge is 0.502 e. The molecule has 0 aliphatic rings. The van der Waals surface area contributed by atoms with E-state index in [0.29, 0.717) is 5.57 Å². The Morgan fingerprint density at radius 1 is 0.818 bits per heavy atom. The molecule has 3 nitrogen and oxygen atoms in total. The van der Waals surface area contributed by atoms with Crippen molar-refractivity contribution in [3.8, 4) is 0 Å². The van der Waals surface area contributed by atoms with Crippen LogP contribution >= 0.6 is 0 Å². The fourth-order valence-corrected chi connectivity index (χ4v) is 2.43. The molecule has 0 atom stereocenters. The average Bonchev–Trinajstić information content (AvgIpc) is 2.50. The van der Waals surface area contributed by atoms with Crippen LogP contribution in [0.1, 0.15) is 90.9 Å². The third-order valence-electron chi connectivity index (χ3n) is 3.92. The number of carboxylic acids is 1. The van der Waals surface area contributed by atoms with Gasteiger partial charge in [-0.15, -0.1) is 0 Å². The summed E-state index contributed by atoms with van der Waals surface area (Å²) in [7, 11) is 0. The summed E-state index contributed by atoms with van der Waals surface area (Å²) in [6.45, 7) is 3.86. The van der Waals surface area contributed by atoms with E-state index in [1.807, 2.05) is 6.08 Å². The lowest BCUT2D eigenvalue weighted by molar-refractivity contribution is -0.135. The number of unbranched alkanes of at least 4 members (excludes halogenated alkanes) is 11. The molecule has 0 aromatic carbocycles. The van der Waals surface area contributed by atoms with Crippen molar-refractivity contribution in [3.63, 3.8) is 0 Å². The maximum atomic E-state index is 10.5. The molecule has 0 aliphatic heterocycles. The number of rotatable bonds is 14. The molecular weight excluding hydrogens is 276 g/mol. The Morgan fingerprint density at radius 2 is 1.27 bits per heavy atom. The molecule has 0 aliphatic carbocycles. The highest BCUT2D eigenvalue weighted by Gasteiger charge is 2.05. The Hall–Kier alpha value is -1.25. The van der Waals surface area contributed by atoms with E-state index in [-0.39, 0.29) is 0 Å². The summed E-state index contributed by atoms with van der Waals surface area (Å²) in [6, 6.07) is 0. The minimum atomic E-state index is -1.27. The van der Waals surface area contributed by atoms with Gasteiger partial charge in [0.05, 0.1) is 0 Å². The molecule has 0 unspecified atom stereocenters. The van der Waals surface area contributed by atoms with Crippen LogP contribution in [0.15, 0.2) is 23.5 Å². The van der Waals surface area contributed by atoms with E-state index >= 15 is 0 Å². The molecule has 0 spiro atoms. The van der Waals surface area contributed by atoms with Crippen LogP contribution < -0.4 is 0 Å². The van der Waals surface area contributed by atoms with Gasteiger partial charge < -0.3 is 10.2 Å². The first-order chi connectivity index (χ1) is 10.6. The van der Waals surface area contributed by atoms with Crippen LogP contribution in [0, 0.1) is 0 Å². The summed E-state index contributed by atoms with van der Waals surface area (Å²) >= 11 is 0. The van der Waals surface area contributed by atoms with Crippen LogP contribution in [0.5, 0.6) is 0 Å². The summed E-state index contributed by atoms with van der Waals surface area (Å²) < 4.78 is 0. The summed E-state index contributed by atoms with van der Waals surface area (Å²) in [5, 5.41) is 17.8. The Morgan fingerprint density at radius 3 is 1.73 bits per heavy atom. The lowest BCUT2D eigenvalue weighted by atomic mass is 10.1. The molecule has 0 saturated carbocycles. The second kappa shape index (κ2) is 14.7. The second-order valence-corrected chi connectivity index (χ2v) is 6.06. The topological polar surface area (TPSA) is 57.5 Å². The van der Waals surface area contributed by atoms with Gasteiger partial charge in [-0.05, 0) is 25.3 Å². The number of hydrogen-bond donors (Lipinski definition) is 2. The molecule has 0 aromatic rings. The molecule has 128 valence electrons. The van der Waals surface area contributed by atoms with Gasteiger partial charge in [0.25, 0.3) is 0 Å². The third kappa shape index (κ3) is 12.5. The van der Waals surface area contributed by atoms with E-state index in [4.69, 9.17) is 5.11 Å². The lowest BCUT2D eigenvalue weighted by Crippen LogP contribution is -2.00. The normalized spacial score (nSPS) is 12.6. The number of carboxylic acid groups (broad SMARTS) is 1. The molecule has 3 heteroatoms. The number of carbonyl (C=O) groups is 1. The molecule has 0 amide bonds. The van der Waals surface area contributed by atoms with Crippen molar-refractivity contribution in [2.24, 2.45) is 0 Å². The minimum Gasteiger partial charge on any atom is -0.502 e. The highest BCUT2D eigenvalue weighted by atomic mass is 16.4. The Kier molecular flexibility index (Phi) is 13.8.